The van der Waals surface area contributed by atoms with Crippen molar-refractivity contribution in [3.63, 3.8) is 0 Å². The molecule has 0 fully saturated rings. The zero-order valence-corrected chi connectivity index (χ0v) is 22.8. The molecule has 0 unspecified atom stereocenters. The van der Waals surface area contributed by atoms with Crippen LogP contribution in [0, 0.1) is 6.92 Å². The average Bonchev–Trinajstić information content (AvgIpc) is 3.43. The van der Waals surface area contributed by atoms with Crippen LogP contribution in [0.2, 0.25) is 0 Å². The molecule has 9 heteroatoms. The first-order valence-corrected chi connectivity index (χ1v) is 13.6. The van der Waals surface area contributed by atoms with Crippen LogP contribution in [0.3, 0.4) is 0 Å². The van der Waals surface area contributed by atoms with Crippen LogP contribution in [0.1, 0.15) is 25.0 Å². The van der Waals surface area contributed by atoms with Crippen molar-refractivity contribution in [1.82, 2.24) is 24.6 Å². The van der Waals surface area contributed by atoms with Gasteiger partial charge in [0, 0.05) is 68.6 Å². The molecule has 9 nitrogen and oxygen atoms in total. The molecular formula is C30H36N6O3. The zero-order chi connectivity index (χ0) is 27.0. The molecular weight excluding hydrogens is 492 g/mol. The Bertz CT molecular complexity index is 1400. The summed E-state index contributed by atoms with van der Waals surface area (Å²) in [6.07, 6.45) is 6.40. The highest BCUT2D eigenvalue weighted by atomic mass is 16.5. The number of rotatable bonds is 3. The fourth-order valence-electron chi connectivity index (χ4n) is 5.11. The van der Waals surface area contributed by atoms with Gasteiger partial charge in [-0.3, -0.25) is 4.79 Å². The summed E-state index contributed by atoms with van der Waals surface area (Å²) >= 11 is 0. The molecule has 39 heavy (non-hydrogen) atoms. The van der Waals surface area contributed by atoms with E-state index in [2.05, 4.69) is 48.9 Å². The summed E-state index contributed by atoms with van der Waals surface area (Å²) in [4.78, 5) is 21.6. The molecule has 4 aromatic rings. The highest BCUT2D eigenvalue weighted by molar-refractivity contribution is 5.93. The van der Waals surface area contributed by atoms with Gasteiger partial charge in [0.15, 0.2) is 5.82 Å². The van der Waals surface area contributed by atoms with Crippen LogP contribution in [0.5, 0.6) is 5.75 Å². The standard InChI is InChI=1S/C30H36N6O3/c1-23-26-11-3-4-12-27(26)30(33-32-23)35-15-6-5-14-34(28(37)22-38-2)16-8-20-39-25-10-7-9-24(21-25)29-31-13-17-36(29)19-18-35/h3-4,7,9-13,17,21H,5-6,8,14-16,18-20,22H2,1-2H3. The van der Waals surface area contributed by atoms with E-state index in [-0.39, 0.29) is 12.5 Å². The second-order valence-corrected chi connectivity index (χ2v) is 9.84. The Kier molecular flexibility index (Phi) is 8.68. The maximum Gasteiger partial charge on any atom is 0.248 e. The number of methoxy groups -OCH3 is 1. The van der Waals surface area contributed by atoms with Crippen LogP contribution in [0.25, 0.3) is 22.2 Å². The lowest BCUT2D eigenvalue weighted by molar-refractivity contribution is -0.135. The summed E-state index contributed by atoms with van der Waals surface area (Å²) in [6, 6.07) is 16.4. The average molecular weight is 529 g/mol. The third-order valence-electron chi connectivity index (χ3n) is 7.14. The van der Waals surface area contributed by atoms with Crippen molar-refractivity contribution in [3.8, 4) is 17.1 Å². The number of hydrogen-bond donors (Lipinski definition) is 0. The Hall–Kier alpha value is -3.98. The van der Waals surface area contributed by atoms with Crippen LogP contribution in [-0.2, 0) is 16.1 Å². The van der Waals surface area contributed by atoms with E-state index >= 15 is 0 Å². The Morgan fingerprint density at radius 3 is 2.64 bits per heavy atom. The molecule has 2 aromatic heterocycles. The predicted octanol–water partition coefficient (Wildman–Crippen LogP) is 4.35. The van der Waals surface area contributed by atoms with Crippen molar-refractivity contribution in [2.75, 3.05) is 51.4 Å². The van der Waals surface area contributed by atoms with Crippen molar-refractivity contribution in [1.29, 1.82) is 0 Å². The Labute approximate surface area is 229 Å². The number of aryl methyl sites for hydroxylation is 1. The molecule has 0 atom stereocenters. The van der Waals surface area contributed by atoms with Crippen molar-refractivity contribution in [2.45, 2.75) is 32.7 Å². The number of carbonyl (C=O) groups excluding carboxylic acids is 1. The molecule has 1 aliphatic rings. The van der Waals surface area contributed by atoms with E-state index in [1.165, 1.54) is 0 Å². The minimum atomic E-state index is 0.00934. The van der Waals surface area contributed by atoms with Gasteiger partial charge >= 0.3 is 0 Å². The van der Waals surface area contributed by atoms with Crippen LogP contribution in [0.15, 0.2) is 60.9 Å². The van der Waals surface area contributed by atoms with Crippen LogP contribution >= 0.6 is 0 Å². The second kappa shape index (κ2) is 12.7. The molecule has 3 heterocycles. The molecule has 0 radical (unpaired) electrons. The van der Waals surface area contributed by atoms with Gasteiger partial charge in [-0.25, -0.2) is 4.98 Å². The number of fused-ring (bicyclic) bond motifs is 5. The topological polar surface area (TPSA) is 85.6 Å². The monoisotopic (exact) mass is 528 g/mol. The first-order chi connectivity index (χ1) is 19.1. The number of aromatic nitrogens is 4. The normalized spacial score (nSPS) is 15.4. The molecule has 5 rings (SSSR count). The highest BCUT2D eigenvalue weighted by Crippen LogP contribution is 2.27. The number of benzene rings is 2. The highest BCUT2D eigenvalue weighted by Gasteiger charge is 2.17. The first-order valence-electron chi connectivity index (χ1n) is 13.6. The summed E-state index contributed by atoms with van der Waals surface area (Å²) in [6.45, 7) is 6.21. The number of amides is 1. The van der Waals surface area contributed by atoms with Crippen molar-refractivity contribution in [2.24, 2.45) is 0 Å². The number of imidazole rings is 1. The number of hydrogen-bond acceptors (Lipinski definition) is 7. The maximum atomic E-state index is 12.7. The summed E-state index contributed by atoms with van der Waals surface area (Å²) in [5.41, 5.74) is 1.93. The van der Waals surface area contributed by atoms with E-state index in [1.807, 2.05) is 48.5 Å². The van der Waals surface area contributed by atoms with Crippen molar-refractivity contribution >= 4 is 22.5 Å². The lowest BCUT2D eigenvalue weighted by atomic mass is 10.1. The Morgan fingerprint density at radius 1 is 0.949 bits per heavy atom. The van der Waals surface area contributed by atoms with Crippen molar-refractivity contribution in [3.05, 3.63) is 66.6 Å². The molecule has 0 spiro atoms. The smallest absolute Gasteiger partial charge is 0.248 e. The van der Waals surface area contributed by atoms with Crippen molar-refractivity contribution < 1.29 is 14.3 Å². The van der Waals surface area contributed by atoms with Gasteiger partial charge in [0.05, 0.1) is 12.3 Å². The third-order valence-corrected chi connectivity index (χ3v) is 7.14. The zero-order valence-electron chi connectivity index (χ0n) is 22.8. The molecule has 0 saturated carbocycles. The van der Waals surface area contributed by atoms with E-state index in [0.717, 1.165) is 78.3 Å². The first kappa shape index (κ1) is 26.6. The van der Waals surface area contributed by atoms with Gasteiger partial charge in [0.2, 0.25) is 5.91 Å². The quantitative estimate of drug-likeness (QED) is 0.391. The minimum absolute atomic E-state index is 0.00934. The van der Waals surface area contributed by atoms with Gasteiger partial charge in [-0.1, -0.05) is 36.4 Å². The largest absolute Gasteiger partial charge is 0.494 e. The van der Waals surface area contributed by atoms with Gasteiger partial charge in [0.25, 0.3) is 0 Å². The minimum Gasteiger partial charge on any atom is -0.494 e. The molecule has 204 valence electrons. The summed E-state index contributed by atoms with van der Waals surface area (Å²) in [5.74, 6) is 2.60. The van der Waals surface area contributed by atoms with E-state index < -0.39 is 0 Å². The summed E-state index contributed by atoms with van der Waals surface area (Å²) < 4.78 is 13.4. The van der Waals surface area contributed by atoms with Crippen LogP contribution < -0.4 is 9.64 Å². The van der Waals surface area contributed by atoms with Crippen LogP contribution in [-0.4, -0.2) is 77.1 Å². The number of ether oxygens (including phenoxy) is 2. The van der Waals surface area contributed by atoms with Gasteiger partial charge in [0.1, 0.15) is 18.2 Å². The van der Waals surface area contributed by atoms with E-state index in [4.69, 9.17) is 9.47 Å². The summed E-state index contributed by atoms with van der Waals surface area (Å²) in [7, 11) is 1.56. The lowest BCUT2D eigenvalue weighted by Gasteiger charge is -2.26. The molecule has 2 bridgehead atoms. The van der Waals surface area contributed by atoms with Gasteiger partial charge < -0.3 is 23.8 Å². The third kappa shape index (κ3) is 6.37. The molecule has 0 saturated heterocycles. The predicted molar refractivity (Wildman–Crippen MR) is 152 cm³/mol. The lowest BCUT2D eigenvalue weighted by Crippen LogP contribution is -2.36. The summed E-state index contributed by atoms with van der Waals surface area (Å²) in [5, 5.41) is 11.4. The van der Waals surface area contributed by atoms with E-state index in [9.17, 15) is 4.79 Å². The second-order valence-electron chi connectivity index (χ2n) is 9.84. The van der Waals surface area contributed by atoms with Gasteiger partial charge in [-0.2, -0.15) is 5.10 Å². The van der Waals surface area contributed by atoms with Gasteiger partial charge in [-0.15, -0.1) is 5.10 Å². The fraction of sp³-hybridized carbons (Fsp3) is 0.400. The van der Waals surface area contributed by atoms with E-state index in [1.54, 1.807) is 7.11 Å². The number of anilines is 1. The molecule has 1 amide bonds. The fourth-order valence-corrected chi connectivity index (χ4v) is 5.11. The Morgan fingerprint density at radius 2 is 1.77 bits per heavy atom. The van der Waals surface area contributed by atoms with Gasteiger partial charge in [-0.05, 0) is 38.3 Å². The SMILES string of the molecule is COCC(=O)N1CCCCN(c2nnc(C)c3ccccc23)CCn2ccnc2-c2cccc(c2)OCCC1. The Balaban J connectivity index is 1.45. The maximum absolute atomic E-state index is 12.7. The molecule has 0 N–H and O–H groups in total. The molecule has 1 aliphatic heterocycles. The molecule has 0 aliphatic carbocycles. The number of nitrogens with zero attached hydrogens (tertiary/aromatic N) is 6. The van der Waals surface area contributed by atoms with Crippen LogP contribution in [0.4, 0.5) is 5.82 Å². The molecule has 2 aromatic carbocycles. The number of carbonyl (C=O) groups is 1. The van der Waals surface area contributed by atoms with E-state index in [0.29, 0.717) is 19.7 Å².